The largest absolute Gasteiger partial charge is 0.309 e. The van der Waals surface area contributed by atoms with E-state index < -0.39 is 0 Å². The Morgan fingerprint density at radius 3 is 1.71 bits per heavy atom. The van der Waals surface area contributed by atoms with Gasteiger partial charge in [0.25, 0.3) is 0 Å². The van der Waals surface area contributed by atoms with Gasteiger partial charge in [-0.05, 0) is 87.1 Å². The van der Waals surface area contributed by atoms with Gasteiger partial charge >= 0.3 is 0 Å². The van der Waals surface area contributed by atoms with Crippen molar-refractivity contribution in [2.45, 2.75) is 0 Å². The standard InChI is InChI=1S/C64H40N4/c1-3-18-42(19-4-1)58-40-59(66-64(65-58)57-39-43-20-8-9-25-48(43)51-27-11-12-28-52(51)57)45-21-15-24-47(37-45)68-62-49-26-10-7-17-41(49)33-35-55(62)54-31-16-30-50(63(54)68)44-34-36-61-56(38-44)53-29-13-14-32-60(53)67(61)46-22-5-2-6-23-46/h1-40H. The molecule has 68 heavy (non-hydrogen) atoms. The minimum Gasteiger partial charge on any atom is -0.309 e. The minimum absolute atomic E-state index is 0.697. The van der Waals surface area contributed by atoms with Gasteiger partial charge in [0.15, 0.2) is 5.82 Å². The van der Waals surface area contributed by atoms with Crippen LogP contribution >= 0.6 is 0 Å². The minimum atomic E-state index is 0.697. The maximum Gasteiger partial charge on any atom is 0.161 e. The number of nitrogens with zero attached hydrogens (tertiary/aromatic N) is 4. The first-order valence-electron chi connectivity index (χ1n) is 23.2. The number of hydrogen-bond donors (Lipinski definition) is 0. The number of hydrogen-bond acceptors (Lipinski definition) is 2. The van der Waals surface area contributed by atoms with Crippen LogP contribution in [0.4, 0.5) is 0 Å². The van der Waals surface area contributed by atoms with Crippen LogP contribution in [0.3, 0.4) is 0 Å². The summed E-state index contributed by atoms with van der Waals surface area (Å²) >= 11 is 0. The van der Waals surface area contributed by atoms with Crippen molar-refractivity contribution in [3.63, 3.8) is 0 Å². The summed E-state index contributed by atoms with van der Waals surface area (Å²) in [5, 5.41) is 12.0. The van der Waals surface area contributed by atoms with Crippen molar-refractivity contribution in [3.8, 4) is 56.4 Å². The molecule has 316 valence electrons. The first-order chi connectivity index (χ1) is 33.7. The van der Waals surface area contributed by atoms with Crippen LogP contribution in [-0.4, -0.2) is 19.1 Å². The van der Waals surface area contributed by atoms with Crippen molar-refractivity contribution in [2.24, 2.45) is 0 Å². The molecule has 4 heteroatoms. The van der Waals surface area contributed by atoms with Crippen LogP contribution in [0.1, 0.15) is 0 Å². The summed E-state index contributed by atoms with van der Waals surface area (Å²) in [4.78, 5) is 10.8. The van der Waals surface area contributed by atoms with Crippen LogP contribution in [-0.2, 0) is 0 Å². The summed E-state index contributed by atoms with van der Waals surface area (Å²) in [6.07, 6.45) is 0. The van der Waals surface area contributed by atoms with Crippen molar-refractivity contribution < 1.29 is 0 Å². The van der Waals surface area contributed by atoms with Crippen molar-refractivity contribution in [3.05, 3.63) is 243 Å². The monoisotopic (exact) mass is 864 g/mol. The van der Waals surface area contributed by atoms with Crippen LogP contribution in [0.25, 0.3) is 132 Å². The fourth-order valence-electron chi connectivity index (χ4n) is 10.8. The molecule has 0 bridgehead atoms. The Hall–Kier alpha value is -9.12. The molecule has 11 aromatic carbocycles. The molecule has 3 heterocycles. The molecule has 0 atom stereocenters. The van der Waals surface area contributed by atoms with Crippen LogP contribution in [0.5, 0.6) is 0 Å². The smallest absolute Gasteiger partial charge is 0.161 e. The van der Waals surface area contributed by atoms with E-state index in [4.69, 9.17) is 9.97 Å². The molecule has 0 fully saturated rings. The predicted molar refractivity (Wildman–Crippen MR) is 285 cm³/mol. The molecular weight excluding hydrogens is 825 g/mol. The van der Waals surface area contributed by atoms with Gasteiger partial charge in [0.05, 0.1) is 33.5 Å². The zero-order chi connectivity index (χ0) is 44.7. The SMILES string of the molecule is c1ccc(-c2cc(-c3cccc(-n4c5c(-c6ccc7c(c6)c6ccccc6n7-c6ccccc6)cccc5c5ccc6ccccc6c54)c3)nc(-c3cc4ccccc4c4ccccc34)n2)cc1. The molecular formula is C64H40N4. The highest BCUT2D eigenvalue weighted by atomic mass is 15.0. The molecule has 0 aliphatic carbocycles. The molecule has 0 saturated carbocycles. The molecule has 0 radical (unpaired) electrons. The summed E-state index contributed by atoms with van der Waals surface area (Å²) in [6.45, 7) is 0. The fourth-order valence-corrected chi connectivity index (χ4v) is 10.8. The molecule has 14 rings (SSSR count). The Kier molecular flexibility index (Phi) is 8.55. The first kappa shape index (κ1) is 38.2. The van der Waals surface area contributed by atoms with Gasteiger partial charge in [0.2, 0.25) is 0 Å². The van der Waals surface area contributed by atoms with E-state index in [0.29, 0.717) is 5.82 Å². The second-order valence-electron chi connectivity index (χ2n) is 17.7. The average Bonchev–Trinajstić information content (AvgIpc) is 3.94. The molecule has 0 aliphatic rings. The van der Waals surface area contributed by atoms with Gasteiger partial charge in [0.1, 0.15) is 0 Å². The van der Waals surface area contributed by atoms with Crippen LogP contribution in [0, 0.1) is 0 Å². The fraction of sp³-hybridized carbons (Fsp3) is 0. The summed E-state index contributed by atoms with van der Waals surface area (Å²) < 4.78 is 4.88. The van der Waals surface area contributed by atoms with E-state index in [9.17, 15) is 0 Å². The molecule has 0 N–H and O–H groups in total. The number of para-hydroxylation sites is 3. The summed E-state index contributed by atoms with van der Waals surface area (Å²) in [5.74, 6) is 0.697. The van der Waals surface area contributed by atoms with E-state index in [-0.39, 0.29) is 0 Å². The van der Waals surface area contributed by atoms with Gasteiger partial charge in [0, 0.05) is 60.6 Å². The normalized spacial score (nSPS) is 11.8. The van der Waals surface area contributed by atoms with Crippen molar-refractivity contribution >= 4 is 75.9 Å². The Labute approximate surface area is 392 Å². The Morgan fingerprint density at radius 1 is 0.265 bits per heavy atom. The molecule has 0 amide bonds. The topological polar surface area (TPSA) is 35.6 Å². The molecule has 0 saturated heterocycles. The zero-order valence-corrected chi connectivity index (χ0v) is 36.9. The number of benzene rings is 11. The number of fused-ring (bicyclic) bond motifs is 11. The summed E-state index contributed by atoms with van der Waals surface area (Å²) in [6, 6.07) is 87.6. The number of rotatable bonds is 6. The van der Waals surface area contributed by atoms with Crippen LogP contribution in [0.15, 0.2) is 243 Å². The second-order valence-corrected chi connectivity index (χ2v) is 17.7. The first-order valence-corrected chi connectivity index (χ1v) is 23.2. The lowest BCUT2D eigenvalue weighted by atomic mass is 9.96. The summed E-state index contributed by atoms with van der Waals surface area (Å²) in [7, 11) is 0. The third kappa shape index (κ3) is 5.94. The molecule has 4 nitrogen and oxygen atoms in total. The van der Waals surface area contributed by atoms with Gasteiger partial charge in [-0.15, -0.1) is 0 Å². The quantitative estimate of drug-likeness (QED) is 0.156. The Morgan fingerprint density at radius 2 is 0.868 bits per heavy atom. The highest BCUT2D eigenvalue weighted by Gasteiger charge is 2.22. The predicted octanol–water partition coefficient (Wildman–Crippen LogP) is 16.8. The Balaban J connectivity index is 1.02. The van der Waals surface area contributed by atoms with Gasteiger partial charge in [-0.25, -0.2) is 9.97 Å². The van der Waals surface area contributed by atoms with Gasteiger partial charge in [-0.3, -0.25) is 0 Å². The van der Waals surface area contributed by atoms with Crippen LogP contribution < -0.4 is 0 Å². The summed E-state index contributed by atoms with van der Waals surface area (Å²) in [5.41, 5.74) is 14.1. The number of aromatic nitrogens is 4. The van der Waals surface area contributed by atoms with E-state index in [1.807, 2.05) is 0 Å². The Bertz CT molecular complexity index is 4310. The van der Waals surface area contributed by atoms with E-state index in [0.717, 1.165) is 55.7 Å². The highest BCUT2D eigenvalue weighted by Crippen LogP contribution is 2.44. The lowest BCUT2D eigenvalue weighted by molar-refractivity contribution is 1.17. The molecule has 3 aromatic heterocycles. The molecule has 14 aromatic rings. The van der Waals surface area contributed by atoms with E-state index in [2.05, 4.69) is 252 Å². The van der Waals surface area contributed by atoms with E-state index >= 15 is 0 Å². The van der Waals surface area contributed by atoms with Gasteiger partial charge in [-0.2, -0.15) is 0 Å². The second kappa shape index (κ2) is 15.2. The van der Waals surface area contributed by atoms with Crippen LogP contribution in [0.2, 0.25) is 0 Å². The highest BCUT2D eigenvalue weighted by molar-refractivity contribution is 6.22. The van der Waals surface area contributed by atoms with Crippen molar-refractivity contribution in [2.75, 3.05) is 0 Å². The maximum atomic E-state index is 5.47. The van der Waals surface area contributed by atoms with Gasteiger partial charge < -0.3 is 9.13 Å². The zero-order valence-electron chi connectivity index (χ0n) is 36.9. The lowest BCUT2D eigenvalue weighted by Crippen LogP contribution is -1.99. The molecule has 0 unspecified atom stereocenters. The third-order valence-electron chi connectivity index (χ3n) is 13.9. The maximum absolute atomic E-state index is 5.47. The third-order valence-corrected chi connectivity index (χ3v) is 13.9. The van der Waals surface area contributed by atoms with E-state index in [1.165, 1.54) is 70.8 Å². The van der Waals surface area contributed by atoms with Crippen molar-refractivity contribution in [1.29, 1.82) is 0 Å². The molecule has 0 aliphatic heterocycles. The lowest BCUT2D eigenvalue weighted by Gasteiger charge is -2.15. The average molecular weight is 865 g/mol. The molecule has 0 spiro atoms. The van der Waals surface area contributed by atoms with Crippen molar-refractivity contribution in [1.82, 2.24) is 19.1 Å². The van der Waals surface area contributed by atoms with Gasteiger partial charge in [-0.1, -0.05) is 188 Å². The van der Waals surface area contributed by atoms with E-state index in [1.54, 1.807) is 0 Å².